The van der Waals surface area contributed by atoms with Crippen molar-refractivity contribution < 1.29 is 31.4 Å². The summed E-state index contributed by atoms with van der Waals surface area (Å²) in [6.07, 6.45) is 3.05. The molecular weight excluding hydrogens is 539 g/mol. The van der Waals surface area contributed by atoms with Gasteiger partial charge in [-0.1, -0.05) is 36.5 Å². The molecule has 0 amide bonds. The Bertz CT molecular complexity index is 1220. The highest BCUT2D eigenvalue weighted by atomic mass is 32.2. The number of piperazine rings is 1. The second-order valence-corrected chi connectivity index (χ2v) is 13.0. The fourth-order valence-corrected chi connectivity index (χ4v) is 7.79. The molecule has 4 aliphatic rings. The second kappa shape index (κ2) is 10.3. The minimum Gasteiger partial charge on any atom is -0.376 e. The predicted molar refractivity (Wildman–Crippen MR) is 142 cm³/mol. The first-order chi connectivity index (χ1) is 17.9. The van der Waals surface area contributed by atoms with Gasteiger partial charge < -0.3 is 14.7 Å². The van der Waals surface area contributed by atoms with E-state index in [-0.39, 0.29) is 41.8 Å². The van der Waals surface area contributed by atoms with E-state index in [0.717, 1.165) is 32.9 Å². The number of hydrogen-bond donors (Lipinski definition) is 1. The van der Waals surface area contributed by atoms with Crippen molar-refractivity contribution in [2.24, 2.45) is 0 Å². The van der Waals surface area contributed by atoms with E-state index in [1.807, 2.05) is 6.08 Å². The second-order valence-electron chi connectivity index (χ2n) is 10.6. The molecule has 1 aromatic rings. The van der Waals surface area contributed by atoms with E-state index < -0.39 is 21.8 Å². The molecule has 1 N–H and O–H groups in total. The number of anilines is 1. The number of fused-ring (bicyclic) bond motifs is 2. The summed E-state index contributed by atoms with van der Waals surface area (Å²) in [4.78, 5) is 4.91. The molecule has 3 heterocycles. The normalized spacial score (nSPS) is 28.9. The molecule has 5 rings (SSSR count). The molecule has 208 valence electrons. The first-order valence-corrected chi connectivity index (χ1v) is 14.7. The van der Waals surface area contributed by atoms with Crippen LogP contribution in [-0.4, -0.2) is 91.3 Å². The summed E-state index contributed by atoms with van der Waals surface area (Å²) in [6, 6.07) is 5.47. The Morgan fingerprint density at radius 2 is 1.74 bits per heavy atom. The number of alkyl halides is 3. The van der Waals surface area contributed by atoms with Gasteiger partial charge in [-0.25, -0.2) is 8.42 Å². The zero-order chi connectivity index (χ0) is 27.3. The molecule has 2 bridgehead atoms. The van der Waals surface area contributed by atoms with Gasteiger partial charge in [0.1, 0.15) is 0 Å². The third-order valence-electron chi connectivity index (χ3n) is 7.93. The number of morpholine rings is 1. The number of hydrogen-bond acceptors (Lipinski definition) is 7. The lowest BCUT2D eigenvalue weighted by Gasteiger charge is -2.45. The summed E-state index contributed by atoms with van der Waals surface area (Å²) in [6.45, 7) is 3.67. The molecule has 4 unspecified atom stereocenters. The zero-order valence-electron chi connectivity index (χ0n) is 21.1. The van der Waals surface area contributed by atoms with Crippen LogP contribution in [0, 0.1) is 0 Å². The number of rotatable bonds is 6. The maximum Gasteiger partial charge on any atom is 0.421 e. The van der Waals surface area contributed by atoms with Crippen LogP contribution in [0.4, 0.5) is 18.9 Å². The van der Waals surface area contributed by atoms with Crippen LogP contribution < -0.4 is 4.90 Å². The monoisotopic (exact) mass is 571 g/mol. The van der Waals surface area contributed by atoms with Crippen LogP contribution in [0.25, 0.3) is 0 Å². The smallest absolute Gasteiger partial charge is 0.376 e. The Kier molecular flexibility index (Phi) is 7.51. The Balaban J connectivity index is 1.40. The van der Waals surface area contributed by atoms with Crippen LogP contribution >= 0.6 is 12.2 Å². The van der Waals surface area contributed by atoms with Gasteiger partial charge in [0.2, 0.25) is 10.0 Å². The van der Waals surface area contributed by atoms with Gasteiger partial charge in [0, 0.05) is 56.2 Å². The molecule has 7 nitrogen and oxygen atoms in total. The van der Waals surface area contributed by atoms with E-state index >= 15 is 0 Å². The van der Waals surface area contributed by atoms with Crippen LogP contribution in [0.3, 0.4) is 0 Å². The van der Waals surface area contributed by atoms with E-state index in [0.29, 0.717) is 30.1 Å². The van der Waals surface area contributed by atoms with Crippen molar-refractivity contribution in [2.45, 2.75) is 56.2 Å². The maximum absolute atomic E-state index is 13.5. The number of ether oxygens (including phenoxy) is 1. The van der Waals surface area contributed by atoms with Gasteiger partial charge >= 0.3 is 6.18 Å². The maximum atomic E-state index is 13.5. The van der Waals surface area contributed by atoms with Crippen LogP contribution in [0.2, 0.25) is 0 Å². The number of likely N-dealkylation sites (tertiary alicyclic amines) is 1. The van der Waals surface area contributed by atoms with Gasteiger partial charge in [-0.15, -0.1) is 0 Å². The molecule has 3 fully saturated rings. The van der Waals surface area contributed by atoms with Crippen molar-refractivity contribution in [3.8, 4) is 0 Å². The molecule has 0 aromatic heterocycles. The van der Waals surface area contributed by atoms with Crippen molar-refractivity contribution in [3.63, 3.8) is 0 Å². The molecule has 0 saturated carbocycles. The van der Waals surface area contributed by atoms with Gasteiger partial charge in [-0.2, -0.15) is 17.5 Å². The van der Waals surface area contributed by atoms with Crippen LogP contribution in [0.15, 0.2) is 47.4 Å². The van der Waals surface area contributed by atoms with Gasteiger partial charge in [0.15, 0.2) is 5.60 Å². The number of allylic oxidation sites excluding steroid dienone is 4. The lowest BCUT2D eigenvalue weighted by Crippen LogP contribution is -2.60. The quantitative estimate of drug-likeness (QED) is 0.525. The molecule has 1 aromatic carbocycles. The number of benzene rings is 1. The molecule has 3 aliphatic heterocycles. The molecule has 1 aliphatic carbocycles. The summed E-state index contributed by atoms with van der Waals surface area (Å²) in [5.74, 6) is 0. The number of aliphatic hydroxyl groups is 1. The zero-order valence-corrected chi connectivity index (χ0v) is 22.7. The van der Waals surface area contributed by atoms with Crippen LogP contribution in [-0.2, 0) is 20.4 Å². The Morgan fingerprint density at radius 1 is 1.08 bits per heavy atom. The Morgan fingerprint density at radius 3 is 2.34 bits per heavy atom. The lowest BCUT2D eigenvalue weighted by atomic mass is 9.95. The van der Waals surface area contributed by atoms with E-state index in [1.54, 1.807) is 24.3 Å². The number of sulfonamides is 1. The fourth-order valence-electron chi connectivity index (χ4n) is 5.72. The van der Waals surface area contributed by atoms with E-state index in [1.165, 1.54) is 16.4 Å². The molecular formula is C26H32F3N3O4S2. The van der Waals surface area contributed by atoms with Crippen molar-refractivity contribution >= 4 is 32.8 Å². The molecule has 0 radical (unpaired) electrons. The highest BCUT2D eigenvalue weighted by Gasteiger charge is 2.51. The third-order valence-corrected chi connectivity index (χ3v) is 10.4. The van der Waals surface area contributed by atoms with Gasteiger partial charge in [-0.3, -0.25) is 4.90 Å². The minimum atomic E-state index is -4.81. The summed E-state index contributed by atoms with van der Waals surface area (Å²) in [5.41, 5.74) is -2.53. The van der Waals surface area contributed by atoms with Crippen molar-refractivity contribution in [1.29, 1.82) is 0 Å². The van der Waals surface area contributed by atoms with E-state index in [9.17, 15) is 26.7 Å². The van der Waals surface area contributed by atoms with Crippen LogP contribution in [0.1, 0.15) is 31.7 Å². The van der Waals surface area contributed by atoms with Crippen molar-refractivity contribution in [2.75, 3.05) is 44.2 Å². The van der Waals surface area contributed by atoms with Gasteiger partial charge in [0.05, 0.1) is 23.2 Å². The summed E-state index contributed by atoms with van der Waals surface area (Å²) >= 11 is 5.35. The van der Waals surface area contributed by atoms with Gasteiger partial charge in [0.25, 0.3) is 0 Å². The van der Waals surface area contributed by atoms with Crippen LogP contribution in [0.5, 0.6) is 0 Å². The number of nitrogens with zero attached hydrogens (tertiary/aromatic N) is 3. The van der Waals surface area contributed by atoms with E-state index in [2.05, 4.69) is 9.80 Å². The van der Waals surface area contributed by atoms with E-state index in [4.69, 9.17) is 17.0 Å². The third kappa shape index (κ3) is 5.31. The first kappa shape index (κ1) is 27.7. The van der Waals surface area contributed by atoms with Crippen molar-refractivity contribution in [1.82, 2.24) is 9.21 Å². The summed E-state index contributed by atoms with van der Waals surface area (Å²) in [5, 5.41) is 10.1. The van der Waals surface area contributed by atoms with Gasteiger partial charge in [-0.05, 0) is 43.5 Å². The van der Waals surface area contributed by atoms with Crippen molar-refractivity contribution in [3.05, 3.63) is 53.0 Å². The number of thiocarbonyl (C=S) groups is 1. The molecule has 38 heavy (non-hydrogen) atoms. The summed E-state index contributed by atoms with van der Waals surface area (Å²) < 4.78 is 74.6. The average molecular weight is 572 g/mol. The molecule has 12 heteroatoms. The average Bonchev–Trinajstić information content (AvgIpc) is 3.21. The predicted octanol–water partition coefficient (Wildman–Crippen LogP) is 3.35. The first-order valence-electron chi connectivity index (χ1n) is 12.8. The topological polar surface area (TPSA) is 73.3 Å². The largest absolute Gasteiger partial charge is 0.421 e. The Labute approximate surface area is 226 Å². The molecule has 0 spiro atoms. The fraction of sp³-hybridized carbons (Fsp3) is 0.577. The highest BCUT2D eigenvalue weighted by molar-refractivity contribution is 7.96. The molecule has 3 saturated heterocycles. The lowest BCUT2D eigenvalue weighted by molar-refractivity contribution is -0.258. The Hall–Kier alpha value is -1.83. The number of halogens is 3. The molecule has 4 atom stereocenters. The highest BCUT2D eigenvalue weighted by Crippen LogP contribution is 2.39. The summed E-state index contributed by atoms with van der Waals surface area (Å²) in [7, 11) is -3.79. The minimum absolute atomic E-state index is 0.158. The standard InChI is InChI=1S/C26H32F3N3O4S2/c1-25(33,26(27,28)29)18-6-8-19(9-7-18)32-13-12-31(38(34,35)24-5-3-2-4-23(24)37)15-20(32)14-30-16-21-10-11-22(17-30)36-21/h2-3,5-9,20-22,33H,4,10-17H2,1H3. The SMILES string of the molecule is CC(O)(c1ccc(N2CCN(S(=O)(=O)C3=CC=CCC3=S)CC2CN2CC3CCC(C2)O3)cc1)C(F)(F)F.